The van der Waals surface area contributed by atoms with Gasteiger partial charge in [-0.25, -0.2) is 0 Å². The van der Waals surface area contributed by atoms with E-state index in [-0.39, 0.29) is 5.91 Å². The van der Waals surface area contributed by atoms with E-state index in [0.29, 0.717) is 0 Å². The standard InChI is InChI=1S/C19H21NO.C3H8/c1-3-15-6-4-7-17(13-15)19(21)20-11-5-8-16-12-14(2)9-10-18(16)20;1-3-2/h4,6-7,9-10,12-13H,3,5,8,11H2,1-2H3;3H2,1-2H3. The highest BCUT2D eigenvalue weighted by Gasteiger charge is 2.23. The van der Waals surface area contributed by atoms with E-state index in [1.54, 1.807) is 0 Å². The Kier molecular flexibility index (Phi) is 6.60. The Morgan fingerprint density at radius 3 is 2.54 bits per heavy atom. The molecule has 0 bridgehead atoms. The molecule has 0 fully saturated rings. The lowest BCUT2D eigenvalue weighted by Crippen LogP contribution is -2.35. The van der Waals surface area contributed by atoms with E-state index < -0.39 is 0 Å². The van der Waals surface area contributed by atoms with E-state index in [9.17, 15) is 4.79 Å². The molecule has 3 rings (SSSR count). The second-order valence-electron chi connectivity index (χ2n) is 6.45. The van der Waals surface area contributed by atoms with Gasteiger partial charge in [0.1, 0.15) is 0 Å². The molecule has 2 aromatic rings. The SMILES string of the molecule is CCC.CCc1cccc(C(=O)N2CCCc3cc(C)ccc32)c1. The molecule has 0 atom stereocenters. The van der Waals surface area contributed by atoms with Gasteiger partial charge in [-0.15, -0.1) is 0 Å². The first-order valence-electron chi connectivity index (χ1n) is 9.11. The monoisotopic (exact) mass is 323 g/mol. The molecule has 0 aromatic heterocycles. The van der Waals surface area contributed by atoms with Crippen LogP contribution in [0, 0.1) is 6.92 Å². The van der Waals surface area contributed by atoms with Gasteiger partial charge in [0.25, 0.3) is 5.91 Å². The molecule has 0 saturated heterocycles. The summed E-state index contributed by atoms with van der Waals surface area (Å²) in [5.74, 6) is 0.120. The molecule has 2 nitrogen and oxygen atoms in total. The maximum Gasteiger partial charge on any atom is 0.258 e. The van der Waals surface area contributed by atoms with E-state index in [2.05, 4.69) is 52.0 Å². The van der Waals surface area contributed by atoms with Crippen LogP contribution in [0.2, 0.25) is 0 Å². The molecule has 0 N–H and O–H groups in total. The predicted molar refractivity (Wildman–Crippen MR) is 103 cm³/mol. The summed E-state index contributed by atoms with van der Waals surface area (Å²) in [6.45, 7) is 9.28. The smallest absolute Gasteiger partial charge is 0.258 e. The highest BCUT2D eigenvalue weighted by Crippen LogP contribution is 2.29. The highest BCUT2D eigenvalue weighted by molar-refractivity contribution is 6.06. The quantitative estimate of drug-likeness (QED) is 0.708. The summed E-state index contributed by atoms with van der Waals surface area (Å²) < 4.78 is 0. The maximum absolute atomic E-state index is 12.8. The fourth-order valence-corrected chi connectivity index (χ4v) is 3.02. The molecule has 0 radical (unpaired) electrons. The maximum atomic E-state index is 12.8. The molecule has 2 heteroatoms. The summed E-state index contributed by atoms with van der Waals surface area (Å²) >= 11 is 0. The number of fused-ring (bicyclic) bond motifs is 1. The summed E-state index contributed by atoms with van der Waals surface area (Å²) in [4.78, 5) is 14.8. The molecule has 1 amide bonds. The summed E-state index contributed by atoms with van der Waals surface area (Å²) in [5, 5.41) is 0. The Bertz CT molecular complexity index is 690. The van der Waals surface area contributed by atoms with Gasteiger partial charge in [0, 0.05) is 17.8 Å². The molecule has 0 aliphatic carbocycles. The summed E-state index contributed by atoms with van der Waals surface area (Å²) in [6, 6.07) is 14.4. The van der Waals surface area contributed by atoms with Crippen molar-refractivity contribution in [1.82, 2.24) is 0 Å². The molecular weight excluding hydrogens is 294 g/mol. The Hall–Kier alpha value is -2.09. The second-order valence-corrected chi connectivity index (χ2v) is 6.45. The molecule has 2 aromatic carbocycles. The van der Waals surface area contributed by atoms with Gasteiger partial charge in [0.05, 0.1) is 0 Å². The van der Waals surface area contributed by atoms with E-state index in [0.717, 1.165) is 37.1 Å². The molecule has 128 valence electrons. The third kappa shape index (κ3) is 4.25. The first kappa shape index (κ1) is 18.3. The van der Waals surface area contributed by atoms with Gasteiger partial charge in [0.15, 0.2) is 0 Å². The molecule has 0 unspecified atom stereocenters. The van der Waals surface area contributed by atoms with Crippen molar-refractivity contribution in [1.29, 1.82) is 0 Å². The number of anilines is 1. The van der Waals surface area contributed by atoms with Crippen molar-refractivity contribution in [2.24, 2.45) is 0 Å². The number of hydrogen-bond donors (Lipinski definition) is 0. The van der Waals surface area contributed by atoms with E-state index in [4.69, 9.17) is 0 Å². The predicted octanol–water partition coefficient (Wildman–Crippen LogP) is 5.57. The third-order valence-corrected chi connectivity index (χ3v) is 4.18. The number of carbonyl (C=O) groups excluding carboxylic acids is 1. The van der Waals surface area contributed by atoms with Gasteiger partial charge in [0.2, 0.25) is 0 Å². The fourth-order valence-electron chi connectivity index (χ4n) is 3.02. The number of benzene rings is 2. The van der Waals surface area contributed by atoms with Crippen LogP contribution in [-0.4, -0.2) is 12.5 Å². The van der Waals surface area contributed by atoms with Gasteiger partial charge in [-0.05, 0) is 55.5 Å². The van der Waals surface area contributed by atoms with Crippen molar-refractivity contribution in [3.63, 3.8) is 0 Å². The van der Waals surface area contributed by atoms with E-state index in [1.165, 1.54) is 23.1 Å². The van der Waals surface area contributed by atoms with Crippen molar-refractivity contribution >= 4 is 11.6 Å². The van der Waals surface area contributed by atoms with E-state index in [1.807, 2.05) is 23.1 Å². The van der Waals surface area contributed by atoms with Crippen molar-refractivity contribution in [3.8, 4) is 0 Å². The summed E-state index contributed by atoms with van der Waals surface area (Å²) in [7, 11) is 0. The van der Waals surface area contributed by atoms with Gasteiger partial charge in [-0.2, -0.15) is 0 Å². The van der Waals surface area contributed by atoms with Gasteiger partial charge < -0.3 is 4.90 Å². The van der Waals surface area contributed by atoms with Crippen LogP contribution in [0.1, 0.15) is 60.7 Å². The van der Waals surface area contributed by atoms with Crippen molar-refractivity contribution in [2.45, 2.75) is 53.4 Å². The van der Waals surface area contributed by atoms with Crippen molar-refractivity contribution in [3.05, 3.63) is 64.7 Å². The van der Waals surface area contributed by atoms with Crippen molar-refractivity contribution < 1.29 is 4.79 Å². The Morgan fingerprint density at radius 1 is 1.08 bits per heavy atom. The van der Waals surface area contributed by atoms with Crippen LogP contribution in [0.5, 0.6) is 0 Å². The first-order chi connectivity index (χ1) is 11.6. The number of amides is 1. The average molecular weight is 323 g/mol. The molecule has 1 aliphatic rings. The molecule has 24 heavy (non-hydrogen) atoms. The number of aryl methyl sites for hydroxylation is 3. The summed E-state index contributed by atoms with van der Waals surface area (Å²) in [5.41, 5.74) is 5.64. The van der Waals surface area contributed by atoms with Crippen LogP contribution in [-0.2, 0) is 12.8 Å². The van der Waals surface area contributed by atoms with Gasteiger partial charge in [-0.1, -0.05) is 57.0 Å². The number of nitrogens with zero attached hydrogens (tertiary/aromatic N) is 1. The van der Waals surface area contributed by atoms with Crippen LogP contribution in [0.4, 0.5) is 5.69 Å². The fraction of sp³-hybridized carbons (Fsp3) is 0.409. The summed E-state index contributed by atoms with van der Waals surface area (Å²) in [6.07, 6.45) is 4.31. The van der Waals surface area contributed by atoms with Crippen LogP contribution in [0.3, 0.4) is 0 Å². The topological polar surface area (TPSA) is 20.3 Å². The lowest BCUT2D eigenvalue weighted by molar-refractivity contribution is 0.0985. The largest absolute Gasteiger partial charge is 0.308 e. The second kappa shape index (κ2) is 8.68. The van der Waals surface area contributed by atoms with Crippen LogP contribution >= 0.6 is 0 Å². The Labute approximate surface area is 146 Å². The number of carbonyl (C=O) groups is 1. The van der Waals surface area contributed by atoms with Crippen LogP contribution in [0.25, 0.3) is 0 Å². The highest BCUT2D eigenvalue weighted by atomic mass is 16.2. The molecule has 1 aliphatic heterocycles. The van der Waals surface area contributed by atoms with Gasteiger partial charge >= 0.3 is 0 Å². The molecule has 1 heterocycles. The zero-order chi connectivity index (χ0) is 17.5. The third-order valence-electron chi connectivity index (χ3n) is 4.18. The first-order valence-corrected chi connectivity index (χ1v) is 9.11. The number of hydrogen-bond acceptors (Lipinski definition) is 1. The van der Waals surface area contributed by atoms with E-state index >= 15 is 0 Å². The molecule has 0 saturated carbocycles. The van der Waals surface area contributed by atoms with Crippen LogP contribution in [0.15, 0.2) is 42.5 Å². The Morgan fingerprint density at radius 2 is 1.83 bits per heavy atom. The zero-order valence-electron chi connectivity index (χ0n) is 15.4. The lowest BCUT2D eigenvalue weighted by atomic mass is 9.98. The number of rotatable bonds is 2. The normalized spacial score (nSPS) is 12.9. The van der Waals surface area contributed by atoms with Crippen LogP contribution < -0.4 is 4.90 Å². The molecular formula is C22H29NO. The van der Waals surface area contributed by atoms with Gasteiger partial charge in [-0.3, -0.25) is 4.79 Å². The molecule has 0 spiro atoms. The zero-order valence-corrected chi connectivity index (χ0v) is 15.4. The minimum atomic E-state index is 0.120. The minimum Gasteiger partial charge on any atom is -0.308 e. The minimum absolute atomic E-state index is 0.120. The van der Waals surface area contributed by atoms with Crippen molar-refractivity contribution in [2.75, 3.05) is 11.4 Å². The Balaban J connectivity index is 0.000000647. The average Bonchev–Trinajstić information content (AvgIpc) is 2.61. The lowest BCUT2D eigenvalue weighted by Gasteiger charge is -2.30.